The van der Waals surface area contributed by atoms with Gasteiger partial charge in [0.1, 0.15) is 0 Å². The molecule has 0 spiro atoms. The van der Waals surface area contributed by atoms with E-state index in [1.54, 1.807) is 0 Å². The zero-order valence-corrected chi connectivity index (χ0v) is 9.51. The molecule has 15 heavy (non-hydrogen) atoms. The van der Waals surface area contributed by atoms with E-state index in [1.165, 1.54) is 0 Å². The second-order valence-electron chi connectivity index (χ2n) is 3.85. The number of nitrogens with two attached hydrogens (primary N) is 1. The average Bonchev–Trinajstić information content (AvgIpc) is 2.20. The topological polar surface area (TPSA) is 84.2 Å². The summed E-state index contributed by atoms with van der Waals surface area (Å²) in [4.78, 5) is 22.3. The third-order valence-electron chi connectivity index (χ3n) is 1.86. The highest BCUT2D eigenvalue weighted by Crippen LogP contribution is 2.02. The summed E-state index contributed by atoms with van der Waals surface area (Å²) in [5.41, 5.74) is 5.21. The minimum atomic E-state index is -0.196. The summed E-state index contributed by atoms with van der Waals surface area (Å²) in [7, 11) is 0. The summed E-state index contributed by atoms with van der Waals surface area (Å²) in [6, 6.07) is 0. The third kappa shape index (κ3) is 9.21. The van der Waals surface area contributed by atoms with Crippen LogP contribution in [0.1, 0.15) is 26.7 Å². The van der Waals surface area contributed by atoms with E-state index in [9.17, 15) is 9.59 Å². The van der Waals surface area contributed by atoms with Gasteiger partial charge in [-0.05, 0) is 12.3 Å². The summed E-state index contributed by atoms with van der Waals surface area (Å²) in [6.45, 7) is 5.01. The molecule has 0 aromatic carbocycles. The van der Waals surface area contributed by atoms with E-state index < -0.39 is 0 Å². The maximum absolute atomic E-state index is 11.2. The molecule has 4 N–H and O–H groups in total. The summed E-state index contributed by atoms with van der Waals surface area (Å²) in [6.07, 6.45) is 1.32. The van der Waals surface area contributed by atoms with Crippen LogP contribution in [-0.4, -0.2) is 31.4 Å². The second-order valence-corrected chi connectivity index (χ2v) is 3.85. The Bertz CT molecular complexity index is 205. The van der Waals surface area contributed by atoms with Crippen molar-refractivity contribution in [3.8, 4) is 0 Å². The van der Waals surface area contributed by atoms with Gasteiger partial charge < -0.3 is 16.4 Å². The lowest BCUT2D eigenvalue weighted by Gasteiger charge is -2.07. The number of carbonyl (C=O) groups excluding carboxylic acids is 2. The summed E-state index contributed by atoms with van der Waals surface area (Å²) in [5, 5.41) is 5.13. The molecule has 0 fully saturated rings. The number of rotatable bonds is 7. The Hall–Kier alpha value is -1.10. The fraction of sp³-hybridized carbons (Fsp3) is 0.800. The van der Waals surface area contributed by atoms with Crippen LogP contribution in [0.5, 0.6) is 0 Å². The van der Waals surface area contributed by atoms with Gasteiger partial charge in [0, 0.05) is 19.5 Å². The Labute approximate surface area is 90.8 Å². The van der Waals surface area contributed by atoms with Crippen LogP contribution in [0.4, 0.5) is 0 Å². The van der Waals surface area contributed by atoms with Crippen molar-refractivity contribution in [2.24, 2.45) is 11.7 Å². The average molecular weight is 215 g/mol. The van der Waals surface area contributed by atoms with E-state index in [1.807, 2.05) is 0 Å². The number of carbonyl (C=O) groups is 2. The van der Waals surface area contributed by atoms with Gasteiger partial charge in [0.15, 0.2) is 0 Å². The molecule has 0 atom stereocenters. The van der Waals surface area contributed by atoms with Gasteiger partial charge in [-0.25, -0.2) is 0 Å². The smallest absolute Gasteiger partial charge is 0.239 e. The molecule has 2 amide bonds. The molecule has 0 aromatic rings. The predicted octanol–water partition coefficient (Wildman–Crippen LogP) is -0.386. The first kappa shape index (κ1) is 13.9. The van der Waals surface area contributed by atoms with E-state index in [4.69, 9.17) is 5.73 Å². The van der Waals surface area contributed by atoms with Gasteiger partial charge in [-0.2, -0.15) is 0 Å². The van der Waals surface area contributed by atoms with Gasteiger partial charge in [0.2, 0.25) is 11.8 Å². The quantitative estimate of drug-likeness (QED) is 0.541. The first-order valence-electron chi connectivity index (χ1n) is 5.29. The third-order valence-corrected chi connectivity index (χ3v) is 1.86. The number of amides is 2. The lowest BCUT2D eigenvalue weighted by atomic mass is 10.1. The minimum absolute atomic E-state index is 0.0386. The normalized spacial score (nSPS) is 10.1. The van der Waals surface area contributed by atoms with Crippen LogP contribution in [0.25, 0.3) is 0 Å². The predicted molar refractivity (Wildman–Crippen MR) is 59.1 cm³/mol. The van der Waals surface area contributed by atoms with E-state index in [-0.39, 0.29) is 18.4 Å². The molecule has 0 unspecified atom stereocenters. The standard InChI is InChI=1S/C10H21N3O2/c1-8(2)3-4-9(14)13-7-10(15)12-6-5-11/h8H,3-7,11H2,1-2H3,(H,12,15)(H,13,14). The van der Waals surface area contributed by atoms with Gasteiger partial charge in [-0.3, -0.25) is 9.59 Å². The molecule has 0 aromatic heterocycles. The van der Waals surface area contributed by atoms with Gasteiger partial charge in [-0.1, -0.05) is 13.8 Å². The number of hydrogen-bond acceptors (Lipinski definition) is 3. The molecule has 0 aliphatic rings. The molecule has 0 rings (SSSR count). The van der Waals surface area contributed by atoms with Crippen LogP contribution < -0.4 is 16.4 Å². The van der Waals surface area contributed by atoms with Crippen molar-refractivity contribution >= 4 is 11.8 Å². The zero-order chi connectivity index (χ0) is 11.7. The molecule has 0 radical (unpaired) electrons. The monoisotopic (exact) mass is 215 g/mol. The van der Waals surface area contributed by atoms with Crippen molar-refractivity contribution in [2.75, 3.05) is 19.6 Å². The van der Waals surface area contributed by atoms with Crippen molar-refractivity contribution in [3.63, 3.8) is 0 Å². The number of hydrogen-bond donors (Lipinski definition) is 3. The fourth-order valence-electron chi connectivity index (χ4n) is 0.961. The number of nitrogens with one attached hydrogen (secondary N) is 2. The largest absolute Gasteiger partial charge is 0.353 e. The van der Waals surface area contributed by atoms with Crippen molar-refractivity contribution in [1.29, 1.82) is 0 Å². The highest BCUT2D eigenvalue weighted by atomic mass is 16.2. The molecule has 0 heterocycles. The molecule has 0 saturated carbocycles. The van der Waals surface area contributed by atoms with Crippen molar-refractivity contribution in [3.05, 3.63) is 0 Å². The Morgan fingerprint density at radius 3 is 2.40 bits per heavy atom. The maximum atomic E-state index is 11.2. The van der Waals surface area contributed by atoms with Crippen molar-refractivity contribution in [1.82, 2.24) is 10.6 Å². The maximum Gasteiger partial charge on any atom is 0.239 e. The van der Waals surface area contributed by atoms with E-state index >= 15 is 0 Å². The SMILES string of the molecule is CC(C)CCC(=O)NCC(=O)NCCN. The first-order chi connectivity index (χ1) is 7.06. The summed E-state index contributed by atoms with van der Waals surface area (Å²) in [5.74, 6) is 0.228. The van der Waals surface area contributed by atoms with Crippen LogP contribution in [0.3, 0.4) is 0 Å². The Kier molecular flexibility index (Phi) is 7.62. The molecular formula is C10H21N3O2. The highest BCUT2D eigenvalue weighted by molar-refractivity contribution is 5.84. The summed E-state index contributed by atoms with van der Waals surface area (Å²) >= 11 is 0. The zero-order valence-electron chi connectivity index (χ0n) is 9.51. The van der Waals surface area contributed by atoms with Crippen LogP contribution in [0.2, 0.25) is 0 Å². The molecular weight excluding hydrogens is 194 g/mol. The first-order valence-corrected chi connectivity index (χ1v) is 5.29. The molecule has 5 nitrogen and oxygen atoms in total. The molecule has 88 valence electrons. The Morgan fingerprint density at radius 2 is 1.87 bits per heavy atom. The van der Waals surface area contributed by atoms with Crippen molar-refractivity contribution in [2.45, 2.75) is 26.7 Å². The lowest BCUT2D eigenvalue weighted by molar-refractivity contribution is -0.126. The van der Waals surface area contributed by atoms with E-state index in [0.717, 1.165) is 6.42 Å². The molecule has 0 aliphatic heterocycles. The Morgan fingerprint density at radius 1 is 1.20 bits per heavy atom. The van der Waals surface area contributed by atoms with Crippen LogP contribution in [-0.2, 0) is 9.59 Å². The molecule has 0 bridgehead atoms. The fourth-order valence-corrected chi connectivity index (χ4v) is 0.961. The molecule has 5 heteroatoms. The lowest BCUT2D eigenvalue weighted by Crippen LogP contribution is -2.38. The van der Waals surface area contributed by atoms with Gasteiger partial charge in [0.25, 0.3) is 0 Å². The van der Waals surface area contributed by atoms with Crippen LogP contribution in [0.15, 0.2) is 0 Å². The minimum Gasteiger partial charge on any atom is -0.353 e. The van der Waals surface area contributed by atoms with Gasteiger partial charge in [0.05, 0.1) is 6.54 Å². The van der Waals surface area contributed by atoms with Crippen LogP contribution in [0, 0.1) is 5.92 Å². The van der Waals surface area contributed by atoms with E-state index in [0.29, 0.717) is 25.4 Å². The Balaban J connectivity index is 3.49. The molecule has 0 saturated heterocycles. The van der Waals surface area contributed by atoms with Crippen LogP contribution >= 0.6 is 0 Å². The molecule has 0 aliphatic carbocycles. The summed E-state index contributed by atoms with van der Waals surface area (Å²) < 4.78 is 0. The highest BCUT2D eigenvalue weighted by Gasteiger charge is 2.05. The van der Waals surface area contributed by atoms with Crippen molar-refractivity contribution < 1.29 is 9.59 Å². The van der Waals surface area contributed by atoms with E-state index in [2.05, 4.69) is 24.5 Å². The second kappa shape index (κ2) is 8.23. The van der Waals surface area contributed by atoms with Gasteiger partial charge in [-0.15, -0.1) is 0 Å². The van der Waals surface area contributed by atoms with Gasteiger partial charge >= 0.3 is 0 Å².